The van der Waals surface area contributed by atoms with Gasteiger partial charge in [-0.05, 0) is 36.8 Å². The van der Waals surface area contributed by atoms with E-state index in [-0.39, 0.29) is 11.1 Å². The lowest BCUT2D eigenvalue weighted by Gasteiger charge is -2.08. The molecular weight excluding hydrogens is 340 g/mol. The van der Waals surface area contributed by atoms with Crippen molar-refractivity contribution in [3.8, 4) is 6.07 Å². The number of para-hydroxylation sites is 1. The van der Waals surface area contributed by atoms with Gasteiger partial charge >= 0.3 is 0 Å². The summed E-state index contributed by atoms with van der Waals surface area (Å²) in [6.07, 6.45) is 1.22. The first-order chi connectivity index (χ1) is 11.9. The van der Waals surface area contributed by atoms with E-state index in [0.29, 0.717) is 16.4 Å². The summed E-state index contributed by atoms with van der Waals surface area (Å²) in [6, 6.07) is 13.4. The van der Waals surface area contributed by atoms with Crippen molar-refractivity contribution in [2.75, 3.05) is 10.6 Å². The van der Waals surface area contributed by atoms with Crippen molar-refractivity contribution >= 4 is 34.8 Å². The predicted molar refractivity (Wildman–Crippen MR) is 97.1 cm³/mol. The highest BCUT2D eigenvalue weighted by atomic mass is 35.5. The Kier molecular flexibility index (Phi) is 5.77. The molecule has 0 aliphatic heterocycles. The van der Waals surface area contributed by atoms with Gasteiger partial charge in [0.25, 0.3) is 11.8 Å². The lowest BCUT2D eigenvalue weighted by Crippen LogP contribution is -2.16. The van der Waals surface area contributed by atoms with Gasteiger partial charge in [0.1, 0.15) is 11.6 Å². The van der Waals surface area contributed by atoms with Crippen molar-refractivity contribution in [1.29, 1.82) is 5.26 Å². The standard InChI is InChI=1S/C18H15ClN4O2/c1-11-6-7-13(8-15(11)19)23-18(25)12(9-20)10-22-16-5-3-2-4-14(16)17(21)24/h2-8,10,22H,1H3,(H2,21,24)(H,23,25)/b12-10-. The number of primary amides is 1. The second kappa shape index (κ2) is 7.99. The van der Waals surface area contributed by atoms with Crippen LogP contribution < -0.4 is 16.4 Å². The van der Waals surface area contributed by atoms with Crippen molar-refractivity contribution in [2.24, 2.45) is 5.73 Å². The van der Waals surface area contributed by atoms with Gasteiger partial charge in [-0.3, -0.25) is 9.59 Å². The maximum Gasteiger partial charge on any atom is 0.267 e. The fraction of sp³-hybridized carbons (Fsp3) is 0.0556. The Balaban J connectivity index is 2.17. The summed E-state index contributed by atoms with van der Waals surface area (Å²) in [4.78, 5) is 23.6. The number of amides is 2. The minimum atomic E-state index is -0.617. The number of hydrogen-bond acceptors (Lipinski definition) is 4. The van der Waals surface area contributed by atoms with Gasteiger partial charge in [0.15, 0.2) is 0 Å². The molecule has 4 N–H and O–H groups in total. The van der Waals surface area contributed by atoms with Crippen LogP contribution in [0.3, 0.4) is 0 Å². The minimum absolute atomic E-state index is 0.170. The fourth-order valence-corrected chi connectivity index (χ4v) is 2.17. The normalized spacial score (nSPS) is 10.7. The van der Waals surface area contributed by atoms with E-state index in [2.05, 4.69) is 10.6 Å². The summed E-state index contributed by atoms with van der Waals surface area (Å²) >= 11 is 6.01. The van der Waals surface area contributed by atoms with Crippen LogP contribution in [0.4, 0.5) is 11.4 Å². The number of nitrogens with one attached hydrogen (secondary N) is 2. The fourth-order valence-electron chi connectivity index (χ4n) is 1.99. The van der Waals surface area contributed by atoms with Crippen LogP contribution in [0.5, 0.6) is 0 Å². The first kappa shape index (κ1) is 18.0. The average Bonchev–Trinajstić information content (AvgIpc) is 2.59. The molecule has 25 heavy (non-hydrogen) atoms. The highest BCUT2D eigenvalue weighted by molar-refractivity contribution is 6.31. The summed E-state index contributed by atoms with van der Waals surface area (Å²) in [7, 11) is 0. The summed E-state index contributed by atoms with van der Waals surface area (Å²) in [6.45, 7) is 1.84. The average molecular weight is 355 g/mol. The maximum absolute atomic E-state index is 12.2. The first-order valence-electron chi connectivity index (χ1n) is 7.25. The molecule has 2 aromatic carbocycles. The number of benzene rings is 2. The van der Waals surface area contributed by atoms with Gasteiger partial charge in [-0.2, -0.15) is 5.26 Å². The zero-order valence-corrected chi connectivity index (χ0v) is 14.1. The predicted octanol–water partition coefficient (Wildman–Crippen LogP) is 3.21. The smallest absolute Gasteiger partial charge is 0.267 e. The first-order valence-corrected chi connectivity index (χ1v) is 7.63. The Labute approximate surface area is 149 Å². The molecule has 0 spiro atoms. The topological polar surface area (TPSA) is 108 Å². The minimum Gasteiger partial charge on any atom is -0.366 e. The number of rotatable bonds is 5. The van der Waals surface area contributed by atoms with E-state index in [1.165, 1.54) is 6.20 Å². The third-order valence-electron chi connectivity index (χ3n) is 3.36. The van der Waals surface area contributed by atoms with Crippen LogP contribution in [0, 0.1) is 18.3 Å². The van der Waals surface area contributed by atoms with Gasteiger partial charge in [0, 0.05) is 16.9 Å². The molecule has 6 nitrogen and oxygen atoms in total. The van der Waals surface area contributed by atoms with Gasteiger partial charge in [-0.15, -0.1) is 0 Å². The SMILES string of the molecule is Cc1ccc(NC(=O)/C(C#N)=C\Nc2ccccc2C(N)=O)cc1Cl. The maximum atomic E-state index is 12.2. The summed E-state index contributed by atoms with van der Waals surface area (Å²) < 4.78 is 0. The van der Waals surface area contributed by atoms with Crippen LogP contribution in [0.1, 0.15) is 15.9 Å². The molecule has 0 radical (unpaired) electrons. The third-order valence-corrected chi connectivity index (χ3v) is 3.77. The molecule has 0 bridgehead atoms. The molecule has 0 aliphatic rings. The number of nitriles is 1. The van der Waals surface area contributed by atoms with Crippen molar-refractivity contribution in [1.82, 2.24) is 0 Å². The van der Waals surface area contributed by atoms with E-state index in [9.17, 15) is 14.9 Å². The van der Waals surface area contributed by atoms with E-state index >= 15 is 0 Å². The van der Waals surface area contributed by atoms with Crippen LogP contribution in [-0.2, 0) is 4.79 Å². The number of nitrogens with two attached hydrogens (primary N) is 1. The molecule has 2 amide bonds. The Morgan fingerprint density at radius 3 is 2.60 bits per heavy atom. The Hall–Kier alpha value is -3.30. The number of anilines is 2. The number of nitrogens with zero attached hydrogens (tertiary/aromatic N) is 1. The van der Waals surface area contributed by atoms with Crippen LogP contribution in [0.25, 0.3) is 0 Å². The monoisotopic (exact) mass is 354 g/mol. The van der Waals surface area contributed by atoms with E-state index in [1.807, 2.05) is 6.92 Å². The quantitative estimate of drug-likeness (QED) is 0.566. The molecule has 0 heterocycles. The van der Waals surface area contributed by atoms with Crippen LogP contribution in [0.15, 0.2) is 54.2 Å². The zero-order chi connectivity index (χ0) is 18.4. The van der Waals surface area contributed by atoms with Crippen LogP contribution in [-0.4, -0.2) is 11.8 Å². The van der Waals surface area contributed by atoms with E-state index in [0.717, 1.165) is 5.56 Å². The molecule has 0 aromatic heterocycles. The molecule has 2 aromatic rings. The van der Waals surface area contributed by atoms with Gasteiger partial charge < -0.3 is 16.4 Å². The van der Waals surface area contributed by atoms with E-state index < -0.39 is 11.8 Å². The largest absolute Gasteiger partial charge is 0.366 e. The third kappa shape index (κ3) is 4.59. The van der Waals surface area contributed by atoms with Crippen molar-refractivity contribution in [2.45, 2.75) is 6.92 Å². The van der Waals surface area contributed by atoms with Crippen molar-refractivity contribution in [3.05, 3.63) is 70.4 Å². The molecule has 126 valence electrons. The summed E-state index contributed by atoms with van der Waals surface area (Å²) in [5.74, 6) is -1.22. The Morgan fingerprint density at radius 1 is 1.24 bits per heavy atom. The molecule has 0 saturated carbocycles. The Morgan fingerprint density at radius 2 is 1.96 bits per heavy atom. The molecular formula is C18H15ClN4O2. The Bertz CT molecular complexity index is 900. The lowest BCUT2D eigenvalue weighted by molar-refractivity contribution is -0.112. The highest BCUT2D eigenvalue weighted by Gasteiger charge is 2.11. The molecule has 0 saturated heterocycles. The highest BCUT2D eigenvalue weighted by Crippen LogP contribution is 2.20. The second-order valence-electron chi connectivity index (χ2n) is 5.14. The van der Waals surface area contributed by atoms with E-state index in [4.69, 9.17) is 17.3 Å². The van der Waals surface area contributed by atoms with Gasteiger partial charge in [0.05, 0.1) is 11.3 Å². The van der Waals surface area contributed by atoms with Crippen LogP contribution >= 0.6 is 11.6 Å². The number of aryl methyl sites for hydroxylation is 1. The van der Waals surface area contributed by atoms with Crippen molar-refractivity contribution in [3.63, 3.8) is 0 Å². The summed E-state index contributed by atoms with van der Waals surface area (Å²) in [5, 5.41) is 15.1. The van der Waals surface area contributed by atoms with E-state index in [1.54, 1.807) is 48.5 Å². The molecule has 0 fully saturated rings. The molecule has 0 unspecified atom stereocenters. The van der Waals surface area contributed by atoms with Crippen LogP contribution in [0.2, 0.25) is 5.02 Å². The molecule has 0 aliphatic carbocycles. The number of carbonyl (C=O) groups is 2. The summed E-state index contributed by atoms with van der Waals surface area (Å²) in [5.41, 5.74) is 7.11. The number of hydrogen-bond donors (Lipinski definition) is 3. The van der Waals surface area contributed by atoms with Gasteiger partial charge in [-0.1, -0.05) is 29.8 Å². The molecule has 2 rings (SSSR count). The number of carbonyl (C=O) groups excluding carboxylic acids is 2. The zero-order valence-electron chi connectivity index (χ0n) is 13.3. The number of halogens is 1. The lowest BCUT2D eigenvalue weighted by atomic mass is 10.1. The molecule has 7 heteroatoms. The van der Waals surface area contributed by atoms with Gasteiger partial charge in [-0.25, -0.2) is 0 Å². The molecule has 0 atom stereocenters. The van der Waals surface area contributed by atoms with Crippen molar-refractivity contribution < 1.29 is 9.59 Å². The van der Waals surface area contributed by atoms with Gasteiger partial charge in [0.2, 0.25) is 0 Å². The second-order valence-corrected chi connectivity index (χ2v) is 5.55.